The van der Waals surface area contributed by atoms with Crippen LogP contribution in [0.2, 0.25) is 0 Å². The van der Waals surface area contributed by atoms with Gasteiger partial charge in [0.15, 0.2) is 0 Å². The molecule has 0 aromatic heterocycles. The molecule has 1 amide bonds. The molecular weight excluding hydrogens is 216 g/mol. The van der Waals surface area contributed by atoms with Gasteiger partial charge in [-0.15, -0.1) is 0 Å². The van der Waals surface area contributed by atoms with Gasteiger partial charge < -0.3 is 0 Å². The third-order valence-electron chi connectivity index (χ3n) is 2.19. The van der Waals surface area contributed by atoms with E-state index in [1.807, 2.05) is 0 Å². The van der Waals surface area contributed by atoms with Crippen LogP contribution in [-0.4, -0.2) is 43.2 Å². The van der Waals surface area contributed by atoms with Gasteiger partial charge in [-0.3, -0.25) is 4.79 Å². The summed E-state index contributed by atoms with van der Waals surface area (Å²) in [5.41, 5.74) is 0. The molecule has 0 fully saturated rings. The third kappa shape index (κ3) is 2.51. The molecule has 1 aliphatic heterocycles. The Morgan fingerprint density at radius 1 is 1.40 bits per heavy atom. The molecule has 1 rings (SSSR count). The van der Waals surface area contributed by atoms with E-state index in [1.165, 1.54) is 22.7 Å². The molecule has 0 aromatic carbocycles. The number of nitrogens with zero attached hydrogens (tertiary/aromatic N) is 2. The Kier molecular flexibility index (Phi) is 3.76. The Bertz CT molecular complexity index is 378. The van der Waals surface area contributed by atoms with Crippen LogP contribution in [0.5, 0.6) is 0 Å². The predicted molar refractivity (Wildman–Crippen MR) is 58.3 cm³/mol. The van der Waals surface area contributed by atoms with E-state index in [9.17, 15) is 13.2 Å². The lowest BCUT2D eigenvalue weighted by atomic mass is 10.3. The molecule has 0 spiro atoms. The SMILES string of the molecule is CCN(CC)S(=O)(=O)C1C=CC(=O)N=C1. The first-order valence-corrected chi connectivity index (χ1v) is 6.28. The first-order chi connectivity index (χ1) is 7.02. The minimum Gasteiger partial charge on any atom is -0.268 e. The summed E-state index contributed by atoms with van der Waals surface area (Å²) < 4.78 is 25.2. The Morgan fingerprint density at radius 3 is 2.40 bits per heavy atom. The van der Waals surface area contributed by atoms with E-state index < -0.39 is 21.2 Å². The molecular formula is C9H14N2O3S. The highest BCUT2D eigenvalue weighted by Crippen LogP contribution is 2.11. The molecule has 1 atom stereocenters. The van der Waals surface area contributed by atoms with Crippen molar-refractivity contribution in [2.75, 3.05) is 13.1 Å². The van der Waals surface area contributed by atoms with Crippen LogP contribution in [0.4, 0.5) is 0 Å². The normalized spacial score (nSPS) is 21.3. The van der Waals surface area contributed by atoms with Crippen LogP contribution in [0.3, 0.4) is 0 Å². The number of hydrogen-bond acceptors (Lipinski definition) is 3. The van der Waals surface area contributed by atoms with Crippen molar-refractivity contribution in [3.8, 4) is 0 Å². The molecule has 1 aliphatic rings. The maximum Gasteiger partial charge on any atom is 0.269 e. The molecule has 15 heavy (non-hydrogen) atoms. The first-order valence-electron chi connectivity index (χ1n) is 4.77. The van der Waals surface area contributed by atoms with Crippen molar-refractivity contribution in [3.05, 3.63) is 12.2 Å². The monoisotopic (exact) mass is 230 g/mol. The number of carbonyl (C=O) groups is 1. The van der Waals surface area contributed by atoms with Crippen LogP contribution in [0.25, 0.3) is 0 Å². The molecule has 1 unspecified atom stereocenters. The summed E-state index contributed by atoms with van der Waals surface area (Å²) in [7, 11) is -3.40. The van der Waals surface area contributed by atoms with Crippen molar-refractivity contribution in [2.24, 2.45) is 4.99 Å². The summed E-state index contributed by atoms with van der Waals surface area (Å²) in [6.07, 6.45) is 3.73. The Morgan fingerprint density at radius 2 is 2.00 bits per heavy atom. The second-order valence-corrected chi connectivity index (χ2v) is 5.16. The van der Waals surface area contributed by atoms with Crippen LogP contribution in [0.1, 0.15) is 13.8 Å². The number of sulfonamides is 1. The van der Waals surface area contributed by atoms with Gasteiger partial charge in [-0.05, 0) is 0 Å². The summed E-state index contributed by atoms with van der Waals surface area (Å²) in [5.74, 6) is -0.416. The topological polar surface area (TPSA) is 66.8 Å². The molecule has 0 radical (unpaired) electrons. The van der Waals surface area contributed by atoms with Crippen LogP contribution in [0, 0.1) is 0 Å². The van der Waals surface area contributed by atoms with Crippen molar-refractivity contribution >= 4 is 22.1 Å². The van der Waals surface area contributed by atoms with E-state index in [1.54, 1.807) is 13.8 Å². The Labute approximate surface area is 89.5 Å². The lowest BCUT2D eigenvalue weighted by Crippen LogP contribution is -2.39. The second kappa shape index (κ2) is 4.67. The van der Waals surface area contributed by atoms with Gasteiger partial charge in [-0.2, -0.15) is 0 Å². The van der Waals surface area contributed by atoms with Gasteiger partial charge in [0.1, 0.15) is 5.25 Å². The highest BCUT2D eigenvalue weighted by Gasteiger charge is 2.28. The maximum atomic E-state index is 11.9. The minimum atomic E-state index is -3.40. The van der Waals surface area contributed by atoms with Crippen LogP contribution in [-0.2, 0) is 14.8 Å². The van der Waals surface area contributed by atoms with E-state index in [0.717, 1.165) is 0 Å². The molecule has 84 valence electrons. The van der Waals surface area contributed by atoms with Crippen LogP contribution in [0.15, 0.2) is 17.1 Å². The molecule has 0 aliphatic carbocycles. The van der Waals surface area contributed by atoms with Crippen molar-refractivity contribution in [2.45, 2.75) is 19.1 Å². The fourth-order valence-corrected chi connectivity index (χ4v) is 2.90. The summed E-state index contributed by atoms with van der Waals surface area (Å²) in [5, 5.41) is -0.810. The largest absolute Gasteiger partial charge is 0.269 e. The zero-order valence-corrected chi connectivity index (χ0v) is 9.57. The van der Waals surface area contributed by atoms with E-state index >= 15 is 0 Å². The fraction of sp³-hybridized carbons (Fsp3) is 0.556. The number of amides is 1. The third-order valence-corrected chi connectivity index (χ3v) is 4.39. The van der Waals surface area contributed by atoms with Gasteiger partial charge in [-0.1, -0.05) is 19.9 Å². The summed E-state index contributed by atoms with van der Waals surface area (Å²) in [6.45, 7) is 4.39. The predicted octanol–water partition coefficient (Wildman–Crippen LogP) is 0.194. The molecule has 0 N–H and O–H groups in total. The highest BCUT2D eigenvalue weighted by molar-refractivity contribution is 7.90. The zero-order chi connectivity index (χ0) is 11.5. The highest BCUT2D eigenvalue weighted by atomic mass is 32.2. The summed E-state index contributed by atoms with van der Waals surface area (Å²) in [4.78, 5) is 14.2. The molecule has 0 saturated carbocycles. The Balaban J connectivity index is 2.93. The van der Waals surface area contributed by atoms with Crippen molar-refractivity contribution < 1.29 is 13.2 Å². The minimum absolute atomic E-state index is 0.416. The number of rotatable bonds is 4. The summed E-state index contributed by atoms with van der Waals surface area (Å²) >= 11 is 0. The number of hydrogen-bond donors (Lipinski definition) is 0. The van der Waals surface area contributed by atoms with Gasteiger partial charge in [0, 0.05) is 25.4 Å². The first kappa shape index (κ1) is 12.1. The molecule has 0 bridgehead atoms. The van der Waals surface area contributed by atoms with Gasteiger partial charge >= 0.3 is 0 Å². The van der Waals surface area contributed by atoms with E-state index in [2.05, 4.69) is 4.99 Å². The molecule has 0 saturated heterocycles. The lowest BCUT2D eigenvalue weighted by Gasteiger charge is -2.22. The van der Waals surface area contributed by atoms with Crippen molar-refractivity contribution in [3.63, 3.8) is 0 Å². The standard InChI is InChI=1S/C9H14N2O3S/c1-3-11(4-2)15(13,14)8-5-6-9(12)10-7-8/h5-8H,3-4H2,1-2H3. The molecule has 6 heteroatoms. The molecule has 1 heterocycles. The van der Waals surface area contributed by atoms with Gasteiger partial charge in [0.05, 0.1) is 0 Å². The van der Waals surface area contributed by atoms with Gasteiger partial charge in [0.2, 0.25) is 10.0 Å². The summed E-state index contributed by atoms with van der Waals surface area (Å²) in [6, 6.07) is 0. The Hall–Kier alpha value is -1.01. The average Bonchev–Trinajstić information content (AvgIpc) is 2.19. The van der Waals surface area contributed by atoms with E-state index in [0.29, 0.717) is 13.1 Å². The maximum absolute atomic E-state index is 11.9. The lowest BCUT2D eigenvalue weighted by molar-refractivity contribution is -0.113. The van der Waals surface area contributed by atoms with E-state index in [4.69, 9.17) is 0 Å². The number of dihydropyridines is 1. The average molecular weight is 230 g/mol. The number of aliphatic imine (C=N–C) groups is 1. The van der Waals surface area contributed by atoms with Gasteiger partial charge in [-0.25, -0.2) is 17.7 Å². The van der Waals surface area contributed by atoms with E-state index in [-0.39, 0.29) is 0 Å². The fourth-order valence-electron chi connectivity index (χ4n) is 1.35. The van der Waals surface area contributed by atoms with Crippen LogP contribution < -0.4 is 0 Å². The molecule has 5 nitrogen and oxygen atoms in total. The van der Waals surface area contributed by atoms with Crippen molar-refractivity contribution in [1.82, 2.24) is 4.31 Å². The number of carbonyl (C=O) groups excluding carboxylic acids is 1. The smallest absolute Gasteiger partial charge is 0.268 e. The zero-order valence-electron chi connectivity index (χ0n) is 8.75. The quantitative estimate of drug-likeness (QED) is 0.692. The molecule has 0 aromatic rings. The van der Waals surface area contributed by atoms with Gasteiger partial charge in [0.25, 0.3) is 5.91 Å². The van der Waals surface area contributed by atoms with Crippen LogP contribution >= 0.6 is 0 Å². The second-order valence-electron chi connectivity index (χ2n) is 3.07. The van der Waals surface area contributed by atoms with Crippen molar-refractivity contribution in [1.29, 1.82) is 0 Å².